The Morgan fingerprint density at radius 2 is 2.24 bits per heavy atom. The van der Waals surface area contributed by atoms with Gasteiger partial charge < -0.3 is 14.4 Å². The number of carbonyl (C=O) groups excluding carboxylic acids is 2. The van der Waals surface area contributed by atoms with Crippen molar-refractivity contribution in [3.8, 4) is 0 Å². The number of benzene rings is 1. The normalized spacial score (nSPS) is 32.3. The highest BCUT2D eigenvalue weighted by molar-refractivity contribution is 9.10. The number of para-hydroxylation sites is 1. The van der Waals surface area contributed by atoms with E-state index in [-0.39, 0.29) is 18.0 Å². The number of nitrogens with zero attached hydrogens (tertiary/aromatic N) is 1. The predicted molar refractivity (Wildman–Crippen MR) is 96.1 cm³/mol. The zero-order chi connectivity index (χ0) is 17.6. The van der Waals surface area contributed by atoms with Crippen molar-refractivity contribution in [2.24, 2.45) is 11.8 Å². The molecule has 0 saturated carbocycles. The summed E-state index contributed by atoms with van der Waals surface area (Å²) in [7, 11) is 0. The van der Waals surface area contributed by atoms with Crippen molar-refractivity contribution < 1.29 is 19.1 Å². The molecular formula is C19H20BrNO4. The number of ether oxygens (including phenoxy) is 2. The molecule has 25 heavy (non-hydrogen) atoms. The number of hydrogen-bond acceptors (Lipinski definition) is 4. The summed E-state index contributed by atoms with van der Waals surface area (Å²) in [6.45, 7) is 2.86. The molecule has 5 nitrogen and oxygen atoms in total. The van der Waals surface area contributed by atoms with Gasteiger partial charge in [0.2, 0.25) is 5.91 Å². The van der Waals surface area contributed by atoms with Crippen LogP contribution in [0.4, 0.5) is 5.69 Å². The highest BCUT2D eigenvalue weighted by atomic mass is 79.9. The molecule has 4 atom stereocenters. The maximum absolute atomic E-state index is 13.2. The molecule has 1 aromatic rings. The topological polar surface area (TPSA) is 55.8 Å². The molecule has 3 aliphatic heterocycles. The zero-order valence-electron chi connectivity index (χ0n) is 14.0. The van der Waals surface area contributed by atoms with Crippen molar-refractivity contribution in [3.05, 3.63) is 40.9 Å². The standard InChI is InChI=1S/C19H20BrNO4/c1-2-3-10-24-18(23)15-14-8-9-19(25-14)11-21(17(22)16(15)19)13-7-5-4-6-12(13)20/h4-9,14-16H,2-3,10-11H2,1H3/t14-,15-,16+,19-/m1/s1. The van der Waals surface area contributed by atoms with Gasteiger partial charge in [0.1, 0.15) is 11.5 Å². The highest BCUT2D eigenvalue weighted by Crippen LogP contribution is 2.53. The van der Waals surface area contributed by atoms with Gasteiger partial charge in [-0.2, -0.15) is 0 Å². The first kappa shape index (κ1) is 16.8. The third kappa shape index (κ3) is 2.54. The molecule has 2 saturated heterocycles. The van der Waals surface area contributed by atoms with Gasteiger partial charge in [0, 0.05) is 4.47 Å². The van der Waals surface area contributed by atoms with E-state index in [0.717, 1.165) is 23.0 Å². The number of amides is 1. The van der Waals surface area contributed by atoms with Crippen LogP contribution in [-0.2, 0) is 19.1 Å². The van der Waals surface area contributed by atoms with Gasteiger partial charge in [-0.25, -0.2) is 0 Å². The molecule has 0 aliphatic carbocycles. The molecule has 2 fully saturated rings. The molecule has 4 rings (SSSR count). The highest BCUT2D eigenvalue weighted by Gasteiger charge is 2.67. The first-order chi connectivity index (χ1) is 12.1. The molecule has 0 N–H and O–H groups in total. The molecule has 0 unspecified atom stereocenters. The molecule has 1 amide bonds. The van der Waals surface area contributed by atoms with Crippen LogP contribution in [0.2, 0.25) is 0 Å². The van der Waals surface area contributed by atoms with Crippen LogP contribution < -0.4 is 4.90 Å². The summed E-state index contributed by atoms with van der Waals surface area (Å²) < 4.78 is 12.3. The van der Waals surface area contributed by atoms with Crippen LogP contribution in [0.5, 0.6) is 0 Å². The Morgan fingerprint density at radius 1 is 1.44 bits per heavy atom. The predicted octanol–water partition coefficient (Wildman–Crippen LogP) is 3.08. The van der Waals surface area contributed by atoms with Gasteiger partial charge in [-0.3, -0.25) is 9.59 Å². The van der Waals surface area contributed by atoms with Gasteiger partial charge in [-0.15, -0.1) is 0 Å². The Bertz CT molecular complexity index is 749. The van der Waals surface area contributed by atoms with Crippen molar-refractivity contribution >= 4 is 33.5 Å². The molecule has 1 spiro atoms. The average molecular weight is 406 g/mol. The number of hydrogen-bond donors (Lipinski definition) is 0. The molecule has 3 heterocycles. The van der Waals surface area contributed by atoms with E-state index < -0.39 is 17.4 Å². The van der Waals surface area contributed by atoms with Crippen molar-refractivity contribution in [1.29, 1.82) is 0 Å². The molecule has 0 aromatic heterocycles. The monoisotopic (exact) mass is 405 g/mol. The Labute approximate surface area is 155 Å². The van der Waals surface area contributed by atoms with Gasteiger partial charge in [0.05, 0.1) is 30.9 Å². The molecule has 6 heteroatoms. The van der Waals surface area contributed by atoms with E-state index in [4.69, 9.17) is 9.47 Å². The van der Waals surface area contributed by atoms with Crippen LogP contribution in [0.25, 0.3) is 0 Å². The van der Waals surface area contributed by atoms with Crippen molar-refractivity contribution in [2.45, 2.75) is 31.5 Å². The van der Waals surface area contributed by atoms with E-state index in [1.165, 1.54) is 0 Å². The number of unbranched alkanes of at least 4 members (excludes halogenated alkanes) is 1. The summed E-state index contributed by atoms with van der Waals surface area (Å²) in [5.74, 6) is -1.46. The minimum atomic E-state index is -0.717. The first-order valence-corrected chi connectivity index (χ1v) is 9.46. The van der Waals surface area contributed by atoms with Crippen molar-refractivity contribution in [2.75, 3.05) is 18.1 Å². The van der Waals surface area contributed by atoms with E-state index in [0.29, 0.717) is 13.2 Å². The third-order valence-electron chi connectivity index (χ3n) is 5.26. The van der Waals surface area contributed by atoms with E-state index in [1.54, 1.807) is 4.90 Å². The lowest BCUT2D eigenvalue weighted by Crippen LogP contribution is -2.40. The Kier molecular flexibility index (Phi) is 4.20. The fourth-order valence-corrected chi connectivity index (χ4v) is 4.55. The summed E-state index contributed by atoms with van der Waals surface area (Å²) >= 11 is 3.51. The quantitative estimate of drug-likeness (QED) is 0.429. The number of anilines is 1. The van der Waals surface area contributed by atoms with E-state index in [9.17, 15) is 9.59 Å². The molecule has 1 aromatic carbocycles. The Morgan fingerprint density at radius 3 is 3.00 bits per heavy atom. The SMILES string of the molecule is CCCCOC(=O)[C@H]1[C@H]2C(=O)N(c3ccccc3Br)C[C@]23C=C[C@H]1O3. The summed E-state index contributed by atoms with van der Waals surface area (Å²) in [5.41, 5.74) is 0.0840. The lowest BCUT2D eigenvalue weighted by molar-refractivity contribution is -0.152. The minimum Gasteiger partial charge on any atom is -0.465 e. The van der Waals surface area contributed by atoms with Crippen molar-refractivity contribution in [3.63, 3.8) is 0 Å². The Balaban J connectivity index is 1.61. The average Bonchev–Trinajstić information content (AvgIpc) is 3.24. The van der Waals surface area contributed by atoms with Crippen LogP contribution in [-0.4, -0.2) is 36.7 Å². The molecular weight excluding hydrogens is 386 g/mol. The van der Waals surface area contributed by atoms with Gasteiger partial charge >= 0.3 is 5.97 Å². The third-order valence-corrected chi connectivity index (χ3v) is 5.93. The van der Waals surface area contributed by atoms with Gasteiger partial charge in [-0.1, -0.05) is 37.6 Å². The first-order valence-electron chi connectivity index (χ1n) is 8.67. The molecule has 2 bridgehead atoms. The second-order valence-corrected chi connectivity index (χ2v) is 7.65. The fourth-order valence-electron chi connectivity index (χ4n) is 4.06. The maximum Gasteiger partial charge on any atom is 0.312 e. The number of rotatable bonds is 5. The fraction of sp³-hybridized carbons (Fsp3) is 0.474. The van der Waals surface area contributed by atoms with Gasteiger partial charge in [-0.05, 0) is 34.5 Å². The number of fused-ring (bicyclic) bond motifs is 1. The molecule has 132 valence electrons. The number of carbonyl (C=O) groups is 2. The summed E-state index contributed by atoms with van der Waals surface area (Å²) in [6.07, 6.45) is 5.28. The van der Waals surface area contributed by atoms with Crippen LogP contribution in [0.1, 0.15) is 19.8 Å². The summed E-state index contributed by atoms with van der Waals surface area (Å²) in [4.78, 5) is 27.5. The smallest absolute Gasteiger partial charge is 0.312 e. The lowest BCUT2D eigenvalue weighted by Gasteiger charge is -2.22. The van der Waals surface area contributed by atoms with Gasteiger partial charge in [0.15, 0.2) is 0 Å². The van der Waals surface area contributed by atoms with Crippen LogP contribution in [0.3, 0.4) is 0 Å². The van der Waals surface area contributed by atoms with Crippen molar-refractivity contribution in [1.82, 2.24) is 0 Å². The summed E-state index contributed by atoms with van der Waals surface area (Å²) in [6, 6.07) is 7.59. The number of halogens is 1. The minimum absolute atomic E-state index is 0.0730. The summed E-state index contributed by atoms with van der Waals surface area (Å²) in [5, 5.41) is 0. The lowest BCUT2D eigenvalue weighted by atomic mass is 9.77. The van der Waals surface area contributed by atoms with Crippen LogP contribution in [0.15, 0.2) is 40.9 Å². The second-order valence-electron chi connectivity index (χ2n) is 6.80. The van der Waals surface area contributed by atoms with E-state index in [1.807, 2.05) is 43.3 Å². The molecule has 3 aliphatic rings. The second kappa shape index (κ2) is 6.25. The van der Waals surface area contributed by atoms with E-state index >= 15 is 0 Å². The molecule has 0 radical (unpaired) electrons. The maximum atomic E-state index is 13.2. The van der Waals surface area contributed by atoms with Crippen LogP contribution >= 0.6 is 15.9 Å². The number of esters is 1. The van der Waals surface area contributed by atoms with Crippen LogP contribution in [0, 0.1) is 11.8 Å². The largest absolute Gasteiger partial charge is 0.465 e. The van der Waals surface area contributed by atoms with Gasteiger partial charge in [0.25, 0.3) is 0 Å². The Hall–Kier alpha value is -1.66. The van der Waals surface area contributed by atoms with E-state index in [2.05, 4.69) is 15.9 Å². The zero-order valence-corrected chi connectivity index (χ0v) is 15.6.